The zero-order chi connectivity index (χ0) is 16.5. The van der Waals surface area contributed by atoms with Gasteiger partial charge in [-0.1, -0.05) is 30.3 Å². The summed E-state index contributed by atoms with van der Waals surface area (Å²) >= 11 is 1.60. The highest BCUT2D eigenvalue weighted by atomic mass is 32.1. The number of fused-ring (bicyclic) bond motifs is 1. The lowest BCUT2D eigenvalue weighted by Gasteiger charge is -2.33. The molecule has 4 rings (SSSR count). The number of piperidine rings is 1. The van der Waals surface area contributed by atoms with E-state index < -0.39 is 0 Å². The standard InChI is InChI=1S/C19H21N3OS/c1-14-7-5-6-10-21(14)18(23)11-16-13-24-19-20-17(12-22(16)19)15-8-3-2-4-9-15/h2-4,8-9,12-14H,5-7,10-11H2,1H3/t14-/m1/s1. The Kier molecular flexibility index (Phi) is 4.10. The third-order valence-corrected chi connectivity index (χ3v) is 5.70. The molecule has 0 radical (unpaired) electrons. The number of hydrogen-bond donors (Lipinski definition) is 0. The van der Waals surface area contributed by atoms with Gasteiger partial charge in [-0.3, -0.25) is 9.20 Å². The van der Waals surface area contributed by atoms with E-state index >= 15 is 0 Å². The molecular weight excluding hydrogens is 318 g/mol. The molecule has 1 saturated heterocycles. The van der Waals surface area contributed by atoms with Crippen LogP contribution in [0.3, 0.4) is 0 Å². The lowest BCUT2D eigenvalue weighted by atomic mass is 10.0. The summed E-state index contributed by atoms with van der Waals surface area (Å²) in [6.45, 7) is 3.05. The van der Waals surface area contributed by atoms with Gasteiger partial charge in [0.15, 0.2) is 4.96 Å². The van der Waals surface area contributed by atoms with E-state index in [0.29, 0.717) is 12.5 Å². The fraction of sp³-hybridized carbons (Fsp3) is 0.368. The van der Waals surface area contributed by atoms with Crippen molar-refractivity contribution in [3.05, 3.63) is 47.6 Å². The van der Waals surface area contributed by atoms with Gasteiger partial charge in [0, 0.05) is 35.4 Å². The minimum absolute atomic E-state index is 0.233. The second-order valence-corrected chi connectivity index (χ2v) is 7.32. The zero-order valence-corrected chi connectivity index (χ0v) is 14.6. The average Bonchev–Trinajstić information content (AvgIpc) is 3.18. The number of nitrogens with zero attached hydrogens (tertiary/aromatic N) is 3. The van der Waals surface area contributed by atoms with Gasteiger partial charge in [0.05, 0.1) is 12.1 Å². The van der Waals surface area contributed by atoms with Gasteiger partial charge in [-0.15, -0.1) is 11.3 Å². The Morgan fingerprint density at radius 1 is 1.29 bits per heavy atom. The first-order chi connectivity index (χ1) is 11.7. The van der Waals surface area contributed by atoms with Gasteiger partial charge >= 0.3 is 0 Å². The van der Waals surface area contributed by atoms with Crippen LogP contribution < -0.4 is 0 Å². The van der Waals surface area contributed by atoms with Crippen LogP contribution in [0.4, 0.5) is 0 Å². The Balaban J connectivity index is 1.58. The van der Waals surface area contributed by atoms with Crippen molar-refractivity contribution in [2.45, 2.75) is 38.6 Å². The lowest BCUT2D eigenvalue weighted by molar-refractivity contribution is -0.133. The molecule has 24 heavy (non-hydrogen) atoms. The topological polar surface area (TPSA) is 37.6 Å². The fourth-order valence-corrected chi connectivity index (χ4v) is 4.30. The number of hydrogen-bond acceptors (Lipinski definition) is 3. The van der Waals surface area contributed by atoms with Crippen molar-refractivity contribution in [3.63, 3.8) is 0 Å². The van der Waals surface area contributed by atoms with E-state index in [1.54, 1.807) is 11.3 Å². The summed E-state index contributed by atoms with van der Waals surface area (Å²) in [5.41, 5.74) is 3.10. The SMILES string of the molecule is C[C@@H]1CCCCN1C(=O)Cc1csc2nc(-c3ccccc3)cn12. The molecule has 2 aromatic heterocycles. The van der Waals surface area contributed by atoms with E-state index in [1.165, 1.54) is 6.42 Å². The van der Waals surface area contributed by atoms with E-state index in [1.807, 2.05) is 29.3 Å². The summed E-state index contributed by atoms with van der Waals surface area (Å²) in [5, 5.41) is 2.06. The van der Waals surface area contributed by atoms with Gasteiger partial charge in [-0.05, 0) is 26.2 Å². The van der Waals surface area contributed by atoms with E-state index in [9.17, 15) is 4.79 Å². The van der Waals surface area contributed by atoms with Gasteiger partial charge in [0.25, 0.3) is 0 Å². The largest absolute Gasteiger partial charge is 0.340 e. The van der Waals surface area contributed by atoms with Crippen molar-refractivity contribution in [2.75, 3.05) is 6.54 Å². The molecule has 1 amide bonds. The average molecular weight is 339 g/mol. The van der Waals surface area contributed by atoms with Crippen LogP contribution in [0.15, 0.2) is 41.9 Å². The maximum Gasteiger partial charge on any atom is 0.228 e. The molecule has 0 unspecified atom stereocenters. The number of amides is 1. The van der Waals surface area contributed by atoms with Crippen molar-refractivity contribution in [1.29, 1.82) is 0 Å². The quantitative estimate of drug-likeness (QED) is 0.723. The van der Waals surface area contributed by atoms with Crippen LogP contribution in [0.2, 0.25) is 0 Å². The number of benzene rings is 1. The van der Waals surface area contributed by atoms with Crippen molar-refractivity contribution in [3.8, 4) is 11.3 Å². The lowest BCUT2D eigenvalue weighted by Crippen LogP contribution is -2.42. The summed E-state index contributed by atoms with van der Waals surface area (Å²) in [4.78, 5) is 20.4. The molecule has 1 aromatic carbocycles. The Hall–Kier alpha value is -2.14. The monoisotopic (exact) mass is 339 g/mol. The van der Waals surface area contributed by atoms with Crippen LogP contribution in [0, 0.1) is 0 Å². The van der Waals surface area contributed by atoms with Gasteiger partial charge < -0.3 is 4.90 Å². The van der Waals surface area contributed by atoms with Gasteiger partial charge in [-0.25, -0.2) is 4.98 Å². The van der Waals surface area contributed by atoms with Crippen LogP contribution in [0.1, 0.15) is 31.9 Å². The molecule has 3 heterocycles. The summed E-state index contributed by atoms with van der Waals surface area (Å²) in [6, 6.07) is 10.5. The fourth-order valence-electron chi connectivity index (χ4n) is 3.43. The molecule has 0 aliphatic carbocycles. The first-order valence-corrected chi connectivity index (χ1v) is 9.41. The molecule has 0 N–H and O–H groups in total. The van der Waals surface area contributed by atoms with Crippen LogP contribution in [-0.2, 0) is 11.2 Å². The molecule has 1 aliphatic heterocycles. The Morgan fingerprint density at radius 3 is 2.92 bits per heavy atom. The third kappa shape index (κ3) is 2.84. The molecule has 1 fully saturated rings. The minimum atomic E-state index is 0.233. The van der Waals surface area contributed by atoms with E-state index in [2.05, 4.69) is 28.8 Å². The van der Waals surface area contributed by atoms with Crippen molar-refractivity contribution >= 4 is 22.2 Å². The number of carbonyl (C=O) groups excluding carboxylic acids is 1. The highest BCUT2D eigenvalue weighted by molar-refractivity contribution is 7.15. The van der Waals surface area contributed by atoms with E-state index in [0.717, 1.165) is 41.3 Å². The predicted octanol–water partition coefficient (Wildman–Crippen LogP) is 4.01. The summed E-state index contributed by atoms with van der Waals surface area (Å²) in [5.74, 6) is 0.233. The molecule has 124 valence electrons. The van der Waals surface area contributed by atoms with Crippen LogP contribution >= 0.6 is 11.3 Å². The maximum atomic E-state index is 12.7. The van der Waals surface area contributed by atoms with Crippen molar-refractivity contribution < 1.29 is 4.79 Å². The Morgan fingerprint density at radius 2 is 2.12 bits per heavy atom. The molecule has 1 atom stereocenters. The number of thiazole rings is 1. The molecule has 1 aliphatic rings. The normalized spacial score (nSPS) is 18.2. The number of aromatic nitrogens is 2. The van der Waals surface area contributed by atoms with Crippen LogP contribution in [0.5, 0.6) is 0 Å². The molecule has 0 bridgehead atoms. The number of rotatable bonds is 3. The summed E-state index contributed by atoms with van der Waals surface area (Å²) in [6.07, 6.45) is 5.97. The minimum Gasteiger partial charge on any atom is -0.340 e. The van der Waals surface area contributed by atoms with Crippen molar-refractivity contribution in [1.82, 2.24) is 14.3 Å². The van der Waals surface area contributed by atoms with Gasteiger partial charge in [-0.2, -0.15) is 0 Å². The zero-order valence-electron chi connectivity index (χ0n) is 13.8. The highest BCUT2D eigenvalue weighted by Crippen LogP contribution is 2.25. The molecule has 0 saturated carbocycles. The van der Waals surface area contributed by atoms with Crippen LogP contribution in [-0.4, -0.2) is 32.8 Å². The predicted molar refractivity (Wildman–Crippen MR) is 97.2 cm³/mol. The van der Waals surface area contributed by atoms with Gasteiger partial charge in [0.1, 0.15) is 0 Å². The number of imidazole rings is 1. The molecule has 3 aromatic rings. The van der Waals surface area contributed by atoms with Crippen molar-refractivity contribution in [2.24, 2.45) is 0 Å². The summed E-state index contributed by atoms with van der Waals surface area (Å²) in [7, 11) is 0. The first-order valence-electron chi connectivity index (χ1n) is 8.53. The third-order valence-electron chi connectivity index (χ3n) is 4.81. The maximum absolute atomic E-state index is 12.7. The van der Waals surface area contributed by atoms with Gasteiger partial charge in [0.2, 0.25) is 5.91 Å². The van der Waals surface area contributed by atoms with Crippen LogP contribution in [0.25, 0.3) is 16.2 Å². The highest BCUT2D eigenvalue weighted by Gasteiger charge is 2.24. The molecular formula is C19H21N3OS. The molecule has 4 nitrogen and oxygen atoms in total. The smallest absolute Gasteiger partial charge is 0.228 e. The first kappa shape index (κ1) is 15.4. The van der Waals surface area contributed by atoms with E-state index in [-0.39, 0.29) is 5.91 Å². The summed E-state index contributed by atoms with van der Waals surface area (Å²) < 4.78 is 2.07. The number of carbonyl (C=O) groups is 1. The molecule has 0 spiro atoms. The molecule has 5 heteroatoms. The Bertz CT molecular complexity index is 852. The van der Waals surface area contributed by atoms with E-state index in [4.69, 9.17) is 4.98 Å². The second kappa shape index (κ2) is 6.40. The second-order valence-electron chi connectivity index (χ2n) is 6.48. The Labute approximate surface area is 145 Å². The number of likely N-dealkylation sites (tertiary alicyclic amines) is 1.